The zero-order chi connectivity index (χ0) is 13.9. The predicted molar refractivity (Wildman–Crippen MR) is 78.1 cm³/mol. The minimum Gasteiger partial charge on any atom is -0.345 e. The second-order valence-electron chi connectivity index (χ2n) is 6.56. The van der Waals surface area contributed by atoms with Crippen LogP contribution in [0.1, 0.15) is 32.6 Å². The van der Waals surface area contributed by atoms with E-state index in [-0.39, 0.29) is 5.41 Å². The minimum atomic E-state index is -0.117. The fraction of sp³-hybridized carbons (Fsp3) is 0.933. The maximum absolute atomic E-state index is 12.8. The number of hydrogen-bond acceptors (Lipinski definition) is 3. The topological polar surface area (TPSA) is 35.6 Å². The van der Waals surface area contributed by atoms with Gasteiger partial charge in [0.2, 0.25) is 5.91 Å². The third-order valence-corrected chi connectivity index (χ3v) is 4.79. The lowest BCUT2D eigenvalue weighted by molar-refractivity contribution is -0.140. The Morgan fingerprint density at radius 3 is 2.84 bits per heavy atom. The largest absolute Gasteiger partial charge is 0.345 e. The van der Waals surface area contributed by atoms with Crippen LogP contribution < -0.4 is 5.32 Å². The van der Waals surface area contributed by atoms with Crippen molar-refractivity contribution in [3.05, 3.63) is 0 Å². The van der Waals surface area contributed by atoms with Gasteiger partial charge in [0.1, 0.15) is 0 Å². The molecule has 0 aromatic heterocycles. The zero-order valence-electron chi connectivity index (χ0n) is 12.7. The second kappa shape index (κ2) is 6.23. The van der Waals surface area contributed by atoms with Gasteiger partial charge in [0.15, 0.2) is 0 Å². The summed E-state index contributed by atoms with van der Waals surface area (Å²) >= 11 is 0. The van der Waals surface area contributed by atoms with E-state index >= 15 is 0 Å². The van der Waals surface area contributed by atoms with Crippen molar-refractivity contribution in [3.63, 3.8) is 0 Å². The third kappa shape index (κ3) is 3.29. The Labute approximate surface area is 117 Å². The Hall–Kier alpha value is -0.610. The molecule has 2 saturated heterocycles. The third-order valence-electron chi connectivity index (χ3n) is 4.79. The van der Waals surface area contributed by atoms with Crippen molar-refractivity contribution in [3.8, 4) is 0 Å². The summed E-state index contributed by atoms with van der Waals surface area (Å²) in [6.45, 7) is 7.28. The lowest BCUT2D eigenvalue weighted by Crippen LogP contribution is -2.45. The molecule has 2 fully saturated rings. The first-order valence-corrected chi connectivity index (χ1v) is 7.72. The first-order chi connectivity index (χ1) is 9.07. The highest BCUT2D eigenvalue weighted by atomic mass is 16.2. The fourth-order valence-electron chi connectivity index (χ4n) is 3.78. The molecule has 4 nitrogen and oxygen atoms in total. The highest BCUT2D eigenvalue weighted by molar-refractivity contribution is 5.83. The van der Waals surface area contributed by atoms with Crippen molar-refractivity contribution in [2.45, 2.75) is 32.6 Å². The van der Waals surface area contributed by atoms with Crippen molar-refractivity contribution in [1.29, 1.82) is 0 Å². The van der Waals surface area contributed by atoms with E-state index in [1.807, 2.05) is 11.9 Å². The molecule has 2 rings (SSSR count). The van der Waals surface area contributed by atoms with E-state index in [4.69, 9.17) is 0 Å². The number of amides is 1. The summed E-state index contributed by atoms with van der Waals surface area (Å²) in [6, 6.07) is 0. The summed E-state index contributed by atoms with van der Waals surface area (Å²) in [4.78, 5) is 17.2. The molecule has 0 aromatic rings. The van der Waals surface area contributed by atoms with E-state index < -0.39 is 0 Å². The molecule has 0 saturated carbocycles. The van der Waals surface area contributed by atoms with Gasteiger partial charge in [-0.25, -0.2) is 0 Å². The smallest absolute Gasteiger partial charge is 0.229 e. The molecule has 1 N–H and O–H groups in total. The van der Waals surface area contributed by atoms with Crippen molar-refractivity contribution in [2.75, 3.05) is 46.8 Å². The normalized spacial score (nSPS) is 31.8. The van der Waals surface area contributed by atoms with Gasteiger partial charge >= 0.3 is 0 Å². The number of nitrogens with zero attached hydrogens (tertiary/aromatic N) is 2. The van der Waals surface area contributed by atoms with Gasteiger partial charge in [-0.15, -0.1) is 0 Å². The van der Waals surface area contributed by atoms with Crippen LogP contribution in [0.3, 0.4) is 0 Å². The second-order valence-corrected chi connectivity index (χ2v) is 6.56. The number of hydrogen-bond donors (Lipinski definition) is 1. The predicted octanol–water partition coefficient (Wildman–Crippen LogP) is 1.18. The van der Waals surface area contributed by atoms with E-state index in [1.165, 1.54) is 13.0 Å². The standard InChI is InChI=1S/C15H29N3O/c1-4-6-15(7-8-16-12-15)14(19)18(3)11-13-5-9-17(2)10-13/h13,16H,4-12H2,1-3H3. The van der Waals surface area contributed by atoms with Gasteiger partial charge in [-0.3, -0.25) is 4.79 Å². The number of carbonyl (C=O) groups excluding carboxylic acids is 1. The van der Waals surface area contributed by atoms with Crippen LogP contribution in [0.25, 0.3) is 0 Å². The molecule has 0 spiro atoms. The molecule has 2 atom stereocenters. The molecular weight excluding hydrogens is 238 g/mol. The van der Waals surface area contributed by atoms with Crippen LogP contribution in [-0.4, -0.2) is 62.5 Å². The van der Waals surface area contributed by atoms with E-state index in [9.17, 15) is 4.79 Å². The Morgan fingerprint density at radius 2 is 2.32 bits per heavy atom. The fourth-order valence-corrected chi connectivity index (χ4v) is 3.78. The monoisotopic (exact) mass is 267 g/mol. The maximum Gasteiger partial charge on any atom is 0.229 e. The molecule has 0 aromatic carbocycles. The average Bonchev–Trinajstić information content (AvgIpc) is 2.99. The summed E-state index contributed by atoms with van der Waals surface area (Å²) in [5.41, 5.74) is -0.117. The van der Waals surface area contributed by atoms with Gasteiger partial charge in [-0.2, -0.15) is 0 Å². The number of likely N-dealkylation sites (tertiary alicyclic amines) is 1. The number of rotatable bonds is 5. The average molecular weight is 267 g/mol. The van der Waals surface area contributed by atoms with Crippen LogP contribution in [0.15, 0.2) is 0 Å². The van der Waals surface area contributed by atoms with Crippen molar-refractivity contribution in [1.82, 2.24) is 15.1 Å². The number of carbonyl (C=O) groups is 1. The molecule has 0 aliphatic carbocycles. The Bertz CT molecular complexity index is 313. The quantitative estimate of drug-likeness (QED) is 0.812. The van der Waals surface area contributed by atoms with Crippen LogP contribution in [-0.2, 0) is 4.79 Å². The Morgan fingerprint density at radius 1 is 1.53 bits per heavy atom. The summed E-state index contributed by atoms with van der Waals surface area (Å²) in [6.07, 6.45) is 4.35. The van der Waals surface area contributed by atoms with Crippen molar-refractivity contribution in [2.24, 2.45) is 11.3 Å². The van der Waals surface area contributed by atoms with E-state index in [1.54, 1.807) is 0 Å². The van der Waals surface area contributed by atoms with Gasteiger partial charge in [-0.05, 0) is 45.3 Å². The molecule has 4 heteroatoms. The molecule has 110 valence electrons. The van der Waals surface area contributed by atoms with Crippen LogP contribution in [0.5, 0.6) is 0 Å². The maximum atomic E-state index is 12.8. The molecule has 19 heavy (non-hydrogen) atoms. The van der Waals surface area contributed by atoms with Crippen molar-refractivity contribution >= 4 is 5.91 Å². The van der Waals surface area contributed by atoms with E-state index in [0.717, 1.165) is 45.4 Å². The summed E-state index contributed by atoms with van der Waals surface area (Å²) in [5.74, 6) is 1.03. The molecule has 0 bridgehead atoms. The van der Waals surface area contributed by atoms with Crippen LogP contribution in [0, 0.1) is 11.3 Å². The summed E-state index contributed by atoms with van der Waals surface area (Å²) < 4.78 is 0. The van der Waals surface area contributed by atoms with Crippen molar-refractivity contribution < 1.29 is 4.79 Å². The zero-order valence-corrected chi connectivity index (χ0v) is 12.7. The first-order valence-electron chi connectivity index (χ1n) is 7.72. The van der Waals surface area contributed by atoms with E-state index in [2.05, 4.69) is 24.2 Å². The SMILES string of the molecule is CCCC1(C(=O)N(C)CC2CCN(C)C2)CCNC1. The van der Waals surface area contributed by atoms with Gasteiger partial charge < -0.3 is 15.1 Å². The van der Waals surface area contributed by atoms with Crippen LogP contribution in [0.2, 0.25) is 0 Å². The van der Waals surface area contributed by atoms with Gasteiger partial charge in [-0.1, -0.05) is 13.3 Å². The van der Waals surface area contributed by atoms with Crippen LogP contribution >= 0.6 is 0 Å². The summed E-state index contributed by atoms with van der Waals surface area (Å²) in [5, 5.41) is 3.38. The van der Waals surface area contributed by atoms with E-state index in [0.29, 0.717) is 11.8 Å². The van der Waals surface area contributed by atoms with Gasteiger partial charge in [0.05, 0.1) is 5.41 Å². The highest BCUT2D eigenvalue weighted by Gasteiger charge is 2.42. The molecule has 0 radical (unpaired) electrons. The minimum absolute atomic E-state index is 0.117. The van der Waals surface area contributed by atoms with Gasteiger partial charge in [0, 0.05) is 26.7 Å². The molecule has 2 heterocycles. The molecule has 2 aliphatic heterocycles. The highest BCUT2D eigenvalue weighted by Crippen LogP contribution is 2.33. The molecule has 2 aliphatic rings. The Kier molecular flexibility index (Phi) is 4.85. The Balaban J connectivity index is 1.93. The first kappa shape index (κ1) is 14.8. The molecular formula is C15H29N3O. The van der Waals surface area contributed by atoms with Gasteiger partial charge in [0.25, 0.3) is 0 Å². The summed E-state index contributed by atoms with van der Waals surface area (Å²) in [7, 11) is 4.16. The lowest BCUT2D eigenvalue weighted by atomic mass is 9.81. The molecule has 1 amide bonds. The number of nitrogens with one attached hydrogen (secondary N) is 1. The van der Waals surface area contributed by atoms with Crippen LogP contribution in [0.4, 0.5) is 0 Å². The molecule has 2 unspecified atom stereocenters. The lowest BCUT2D eigenvalue weighted by Gasteiger charge is -2.33.